The van der Waals surface area contributed by atoms with Crippen LogP contribution >= 0.6 is 23.1 Å². The highest BCUT2D eigenvalue weighted by Crippen LogP contribution is 2.35. The van der Waals surface area contributed by atoms with Crippen LogP contribution in [0.1, 0.15) is 60.1 Å². The average Bonchev–Trinajstić information content (AvgIpc) is 3.18. The molecule has 0 bridgehead atoms. The molecule has 0 atom stereocenters. The van der Waals surface area contributed by atoms with Crippen LogP contribution in [0.25, 0.3) is 15.9 Å². The number of aryl methyl sites for hydroxylation is 4. The van der Waals surface area contributed by atoms with Crippen LogP contribution in [-0.4, -0.2) is 42.0 Å². The quantitative estimate of drug-likeness (QED) is 0.189. The number of carbonyl (C=O) groups excluding carboxylic acids is 1. The minimum Gasteiger partial charge on any atom is -0.325 e. The van der Waals surface area contributed by atoms with Crippen molar-refractivity contribution in [2.24, 2.45) is 4.99 Å². The maximum atomic E-state index is 14.1. The van der Waals surface area contributed by atoms with Crippen molar-refractivity contribution in [3.05, 3.63) is 74.4 Å². The summed E-state index contributed by atoms with van der Waals surface area (Å²) in [5.74, 6) is 0.122. The van der Waals surface area contributed by atoms with E-state index in [0.29, 0.717) is 35.0 Å². The topological polar surface area (TPSA) is 123 Å². The number of nitrogens with zero attached hydrogens (tertiary/aromatic N) is 3. The van der Waals surface area contributed by atoms with E-state index in [1.165, 1.54) is 28.8 Å². The first-order valence-electron chi connectivity index (χ1n) is 14.9. The predicted molar refractivity (Wildman–Crippen MR) is 178 cm³/mol. The fraction of sp³-hybridized carbons (Fsp3) is 0.375. The molecule has 3 heterocycles. The molecule has 1 aliphatic carbocycles. The molecule has 230 valence electrons. The Bertz CT molecular complexity index is 1950. The first-order valence-corrected chi connectivity index (χ1v) is 18.2. The second-order valence-corrected chi connectivity index (χ2v) is 15.0. The van der Waals surface area contributed by atoms with Gasteiger partial charge >= 0.3 is 0 Å². The number of amides is 1. The number of fused-ring (bicyclic) bond motifs is 3. The second kappa shape index (κ2) is 12.9. The normalized spacial score (nSPS) is 15.4. The number of hydrogen-bond donors (Lipinski definition) is 2. The summed E-state index contributed by atoms with van der Waals surface area (Å²) in [7, 11) is -3.84. The van der Waals surface area contributed by atoms with Gasteiger partial charge in [0.2, 0.25) is 5.91 Å². The minimum atomic E-state index is -3.84. The van der Waals surface area contributed by atoms with Crippen LogP contribution in [0.2, 0.25) is 0 Å². The van der Waals surface area contributed by atoms with E-state index in [-0.39, 0.29) is 22.1 Å². The molecule has 0 spiro atoms. The summed E-state index contributed by atoms with van der Waals surface area (Å²) in [4.78, 5) is 38.5. The SMILES string of the molecule is Cc1ccc(-n2c(SCC(=O)Nc3cccc(S(=O)(=O)NC4=NCCCCC4)c3)nc3sc4c(c3c2=O)CCCC4)c(C)c1. The van der Waals surface area contributed by atoms with Crippen LogP contribution < -0.4 is 15.6 Å². The lowest BCUT2D eigenvalue weighted by molar-refractivity contribution is -0.113. The van der Waals surface area contributed by atoms with Gasteiger partial charge in [-0.15, -0.1) is 11.3 Å². The van der Waals surface area contributed by atoms with Crippen molar-refractivity contribution in [2.45, 2.75) is 75.3 Å². The van der Waals surface area contributed by atoms with Gasteiger partial charge in [-0.2, -0.15) is 0 Å². The van der Waals surface area contributed by atoms with Gasteiger partial charge in [-0.05, 0) is 87.8 Å². The molecule has 1 amide bonds. The highest BCUT2D eigenvalue weighted by atomic mass is 32.2. The first kappa shape index (κ1) is 30.5. The maximum absolute atomic E-state index is 14.1. The summed E-state index contributed by atoms with van der Waals surface area (Å²) in [6, 6.07) is 12.1. The van der Waals surface area contributed by atoms with Gasteiger partial charge in [-0.1, -0.05) is 41.9 Å². The van der Waals surface area contributed by atoms with Gasteiger partial charge in [-0.3, -0.25) is 23.9 Å². The molecule has 2 aromatic heterocycles. The largest absolute Gasteiger partial charge is 0.325 e. The Morgan fingerprint density at radius 2 is 1.84 bits per heavy atom. The molecule has 2 aliphatic rings. The Kier molecular flexibility index (Phi) is 8.93. The average molecular weight is 650 g/mol. The van der Waals surface area contributed by atoms with Crippen molar-refractivity contribution in [3.63, 3.8) is 0 Å². The maximum Gasteiger partial charge on any atom is 0.267 e. The molecule has 4 aromatic rings. The number of anilines is 1. The lowest BCUT2D eigenvalue weighted by Crippen LogP contribution is -2.30. The highest BCUT2D eigenvalue weighted by Gasteiger charge is 2.24. The molecule has 9 nitrogen and oxygen atoms in total. The molecule has 2 aromatic carbocycles. The van der Waals surface area contributed by atoms with Gasteiger partial charge < -0.3 is 5.32 Å². The van der Waals surface area contributed by atoms with Crippen LogP contribution in [0.5, 0.6) is 0 Å². The highest BCUT2D eigenvalue weighted by molar-refractivity contribution is 7.99. The van der Waals surface area contributed by atoms with Crippen LogP contribution in [0.3, 0.4) is 0 Å². The van der Waals surface area contributed by atoms with Crippen LogP contribution in [-0.2, 0) is 27.7 Å². The lowest BCUT2D eigenvalue weighted by Gasteiger charge is -2.16. The van der Waals surface area contributed by atoms with E-state index < -0.39 is 10.0 Å². The molecule has 0 radical (unpaired) electrons. The summed E-state index contributed by atoms with van der Waals surface area (Å²) in [6.45, 7) is 4.60. The molecule has 44 heavy (non-hydrogen) atoms. The lowest BCUT2D eigenvalue weighted by atomic mass is 9.97. The number of benzene rings is 2. The molecule has 0 fully saturated rings. The third-order valence-electron chi connectivity index (χ3n) is 7.94. The van der Waals surface area contributed by atoms with Crippen LogP contribution in [0.15, 0.2) is 62.3 Å². The fourth-order valence-corrected chi connectivity index (χ4v) is 9.03. The number of aliphatic imine (C=N–C) groups is 1. The third kappa shape index (κ3) is 6.47. The summed E-state index contributed by atoms with van der Waals surface area (Å²) in [6.07, 6.45) is 7.47. The van der Waals surface area contributed by atoms with Gasteiger partial charge in [0.15, 0.2) is 5.16 Å². The summed E-state index contributed by atoms with van der Waals surface area (Å²) < 4.78 is 30.3. The van der Waals surface area contributed by atoms with Crippen molar-refractivity contribution in [3.8, 4) is 5.69 Å². The first-order chi connectivity index (χ1) is 21.2. The predicted octanol–water partition coefficient (Wildman–Crippen LogP) is 5.92. The number of sulfonamides is 1. The summed E-state index contributed by atoms with van der Waals surface area (Å²) >= 11 is 2.78. The zero-order valence-electron chi connectivity index (χ0n) is 24.8. The van der Waals surface area contributed by atoms with Crippen molar-refractivity contribution in [2.75, 3.05) is 17.6 Å². The fourth-order valence-electron chi connectivity index (χ4n) is 5.79. The Labute approximate surface area is 265 Å². The summed E-state index contributed by atoms with van der Waals surface area (Å²) in [5.41, 5.74) is 4.17. The Hall–Kier alpha value is -3.48. The molecule has 6 rings (SSSR count). The number of carbonyl (C=O) groups is 1. The van der Waals surface area contributed by atoms with E-state index in [1.54, 1.807) is 28.0 Å². The van der Waals surface area contributed by atoms with Crippen molar-refractivity contribution < 1.29 is 13.2 Å². The summed E-state index contributed by atoms with van der Waals surface area (Å²) in [5, 5.41) is 3.96. The number of thiophene rings is 1. The second-order valence-electron chi connectivity index (χ2n) is 11.3. The number of thioether (sulfide) groups is 1. The molecule has 1 aliphatic heterocycles. The molecule has 2 N–H and O–H groups in total. The van der Waals surface area contributed by atoms with Crippen LogP contribution in [0.4, 0.5) is 5.69 Å². The number of aromatic nitrogens is 2. The molecule has 0 saturated carbocycles. The molecular formula is C32H35N5O4S3. The van der Waals surface area contributed by atoms with Gasteiger partial charge in [0.1, 0.15) is 10.7 Å². The molecule has 12 heteroatoms. The number of hydrogen-bond acceptors (Lipinski definition) is 8. The van der Waals surface area contributed by atoms with E-state index >= 15 is 0 Å². The number of amidine groups is 1. The Morgan fingerprint density at radius 1 is 1.02 bits per heavy atom. The van der Waals surface area contributed by atoms with E-state index in [2.05, 4.69) is 15.0 Å². The van der Waals surface area contributed by atoms with Gasteiger partial charge in [0, 0.05) is 23.5 Å². The molecule has 0 unspecified atom stereocenters. The van der Waals surface area contributed by atoms with Gasteiger partial charge in [0.05, 0.1) is 21.7 Å². The zero-order valence-corrected chi connectivity index (χ0v) is 27.3. The zero-order chi connectivity index (χ0) is 30.8. The van der Waals surface area contributed by atoms with E-state index in [4.69, 9.17) is 4.98 Å². The van der Waals surface area contributed by atoms with E-state index in [1.807, 2.05) is 32.0 Å². The minimum absolute atomic E-state index is 0.0139. The Morgan fingerprint density at radius 3 is 2.68 bits per heavy atom. The van der Waals surface area contributed by atoms with Gasteiger partial charge in [-0.25, -0.2) is 13.4 Å². The monoisotopic (exact) mass is 649 g/mol. The number of nitrogens with one attached hydrogen (secondary N) is 2. The van der Waals surface area contributed by atoms with Gasteiger partial charge in [0.25, 0.3) is 15.6 Å². The standard InChI is InChI=1S/C32H35N5O4S3/c1-20-14-15-25(21(2)17-20)37-31(39)29-24-11-5-6-12-26(24)43-30(29)35-32(37)42-19-28(38)34-22-9-8-10-23(18-22)44(40,41)36-27-13-4-3-7-16-33-27/h8-10,14-15,17-18H,3-7,11-13,16,19H2,1-2H3,(H,33,36)(H,34,38). The molecular weight excluding hydrogens is 615 g/mol. The van der Waals surface area contributed by atoms with Crippen molar-refractivity contribution in [1.82, 2.24) is 14.3 Å². The van der Waals surface area contributed by atoms with Crippen LogP contribution in [0, 0.1) is 13.8 Å². The van der Waals surface area contributed by atoms with E-state index in [9.17, 15) is 18.0 Å². The molecule has 0 saturated heterocycles. The smallest absolute Gasteiger partial charge is 0.267 e. The van der Waals surface area contributed by atoms with Crippen molar-refractivity contribution >= 4 is 60.8 Å². The number of rotatable bonds is 7. The Balaban J connectivity index is 1.25. The third-order valence-corrected chi connectivity index (χ3v) is 11.4. The van der Waals surface area contributed by atoms with Crippen molar-refractivity contribution in [1.29, 1.82) is 0 Å². The van der Waals surface area contributed by atoms with E-state index in [0.717, 1.165) is 72.2 Å².